The van der Waals surface area contributed by atoms with E-state index in [9.17, 15) is 9.59 Å². The molecule has 0 radical (unpaired) electrons. The Morgan fingerprint density at radius 3 is 2.84 bits per heavy atom. The molecule has 0 aromatic carbocycles. The largest absolute Gasteiger partial charge is 0.479 e. The molecule has 0 saturated carbocycles. The van der Waals surface area contributed by atoms with Crippen LogP contribution >= 0.6 is 0 Å². The highest BCUT2D eigenvalue weighted by Gasteiger charge is 2.30. The van der Waals surface area contributed by atoms with E-state index in [0.717, 1.165) is 5.69 Å². The zero-order valence-electron chi connectivity index (χ0n) is 10.9. The molecule has 1 fully saturated rings. The van der Waals surface area contributed by atoms with Gasteiger partial charge in [0.25, 0.3) is 5.91 Å². The van der Waals surface area contributed by atoms with Crippen molar-refractivity contribution in [3.8, 4) is 0 Å². The molecule has 7 heteroatoms. The molecule has 1 saturated heterocycles. The van der Waals surface area contributed by atoms with Crippen molar-refractivity contribution in [1.29, 1.82) is 0 Å². The first-order valence-corrected chi connectivity index (χ1v) is 6.14. The lowest BCUT2D eigenvalue weighted by Crippen LogP contribution is -2.34. The van der Waals surface area contributed by atoms with Crippen LogP contribution in [-0.2, 0) is 16.6 Å². The summed E-state index contributed by atoms with van der Waals surface area (Å²) >= 11 is 0. The first-order valence-electron chi connectivity index (χ1n) is 6.14. The number of carbonyl (C=O) groups is 2. The first-order chi connectivity index (χ1) is 8.97. The predicted octanol–water partition coefficient (Wildman–Crippen LogP) is 0.0905. The second-order valence-corrected chi connectivity index (χ2v) is 4.67. The lowest BCUT2D eigenvalue weighted by molar-refractivity contribution is -0.149. The van der Waals surface area contributed by atoms with Gasteiger partial charge in [0.1, 0.15) is 5.69 Å². The molecule has 2 rings (SSSR count). The van der Waals surface area contributed by atoms with Gasteiger partial charge in [0, 0.05) is 13.6 Å². The molecule has 1 aromatic rings. The Hall–Kier alpha value is -1.89. The number of carboxylic acids is 1. The van der Waals surface area contributed by atoms with Gasteiger partial charge in [-0.05, 0) is 25.8 Å². The van der Waals surface area contributed by atoms with Crippen molar-refractivity contribution in [2.75, 3.05) is 6.54 Å². The van der Waals surface area contributed by atoms with Gasteiger partial charge >= 0.3 is 5.97 Å². The second-order valence-electron chi connectivity index (χ2n) is 4.67. The minimum Gasteiger partial charge on any atom is -0.479 e. The van der Waals surface area contributed by atoms with E-state index in [4.69, 9.17) is 9.84 Å². The average Bonchev–Trinajstić information content (AvgIpc) is 2.93. The SMILES string of the molecule is Cc1cc(C(=O)NCC2CCC(C(=O)O)O2)n(C)n1. The zero-order chi connectivity index (χ0) is 14.0. The van der Waals surface area contributed by atoms with Gasteiger partial charge < -0.3 is 15.2 Å². The van der Waals surface area contributed by atoms with Crippen molar-refractivity contribution in [3.05, 3.63) is 17.5 Å². The Kier molecular flexibility index (Phi) is 3.84. The van der Waals surface area contributed by atoms with Crippen LogP contribution in [0.3, 0.4) is 0 Å². The number of aliphatic carboxylic acids is 1. The zero-order valence-corrected chi connectivity index (χ0v) is 10.9. The Morgan fingerprint density at radius 2 is 2.32 bits per heavy atom. The number of amides is 1. The lowest BCUT2D eigenvalue weighted by atomic mass is 10.2. The van der Waals surface area contributed by atoms with Crippen molar-refractivity contribution in [2.45, 2.75) is 32.0 Å². The van der Waals surface area contributed by atoms with Gasteiger partial charge in [-0.3, -0.25) is 9.48 Å². The lowest BCUT2D eigenvalue weighted by Gasteiger charge is -2.12. The number of hydrogen-bond acceptors (Lipinski definition) is 4. The Balaban J connectivity index is 1.85. The Morgan fingerprint density at radius 1 is 1.58 bits per heavy atom. The number of carboxylic acid groups (broad SMARTS) is 1. The van der Waals surface area contributed by atoms with E-state index in [1.54, 1.807) is 13.1 Å². The number of nitrogens with zero attached hydrogens (tertiary/aromatic N) is 2. The summed E-state index contributed by atoms with van der Waals surface area (Å²) in [6.45, 7) is 2.13. The number of ether oxygens (including phenoxy) is 1. The molecule has 0 spiro atoms. The Labute approximate surface area is 110 Å². The van der Waals surface area contributed by atoms with Crippen molar-refractivity contribution in [2.24, 2.45) is 7.05 Å². The molecule has 0 aliphatic carbocycles. The molecular formula is C12H17N3O4. The molecule has 1 aliphatic rings. The van der Waals surface area contributed by atoms with Gasteiger partial charge in [0.2, 0.25) is 0 Å². The third kappa shape index (κ3) is 3.11. The van der Waals surface area contributed by atoms with Crippen LogP contribution < -0.4 is 5.32 Å². The third-order valence-electron chi connectivity index (χ3n) is 3.11. The van der Waals surface area contributed by atoms with Crippen molar-refractivity contribution >= 4 is 11.9 Å². The van der Waals surface area contributed by atoms with Crippen molar-refractivity contribution < 1.29 is 19.4 Å². The summed E-state index contributed by atoms with van der Waals surface area (Å²) in [4.78, 5) is 22.6. The van der Waals surface area contributed by atoms with Crippen LogP contribution in [0.4, 0.5) is 0 Å². The number of carbonyl (C=O) groups excluding carboxylic acids is 1. The van der Waals surface area contributed by atoms with Crippen LogP contribution in [0.2, 0.25) is 0 Å². The summed E-state index contributed by atoms with van der Waals surface area (Å²) in [5.74, 6) is -1.18. The summed E-state index contributed by atoms with van der Waals surface area (Å²) in [5.41, 5.74) is 1.25. The minimum absolute atomic E-state index is 0.231. The van der Waals surface area contributed by atoms with Crippen LogP contribution in [0.15, 0.2) is 6.07 Å². The van der Waals surface area contributed by atoms with E-state index >= 15 is 0 Å². The highest BCUT2D eigenvalue weighted by molar-refractivity contribution is 5.92. The second kappa shape index (κ2) is 5.40. The fourth-order valence-electron chi connectivity index (χ4n) is 2.16. The third-order valence-corrected chi connectivity index (χ3v) is 3.11. The van der Waals surface area contributed by atoms with Crippen LogP contribution in [0.1, 0.15) is 29.0 Å². The smallest absolute Gasteiger partial charge is 0.332 e. The van der Waals surface area contributed by atoms with Crippen LogP contribution in [0, 0.1) is 6.92 Å². The fraction of sp³-hybridized carbons (Fsp3) is 0.583. The van der Waals surface area contributed by atoms with Gasteiger partial charge in [-0.2, -0.15) is 5.10 Å². The molecule has 1 aliphatic heterocycles. The molecule has 19 heavy (non-hydrogen) atoms. The molecule has 104 valence electrons. The molecule has 2 heterocycles. The molecule has 2 N–H and O–H groups in total. The van der Waals surface area contributed by atoms with E-state index in [0.29, 0.717) is 25.1 Å². The van der Waals surface area contributed by atoms with Crippen LogP contribution in [0.5, 0.6) is 0 Å². The van der Waals surface area contributed by atoms with E-state index in [2.05, 4.69) is 10.4 Å². The average molecular weight is 267 g/mol. The molecule has 0 bridgehead atoms. The maximum absolute atomic E-state index is 11.9. The van der Waals surface area contributed by atoms with E-state index in [1.807, 2.05) is 6.92 Å². The number of hydrogen-bond donors (Lipinski definition) is 2. The predicted molar refractivity (Wildman–Crippen MR) is 65.8 cm³/mol. The number of aromatic nitrogens is 2. The maximum atomic E-state index is 11.9. The summed E-state index contributed by atoms with van der Waals surface area (Å²) < 4.78 is 6.82. The number of nitrogens with one attached hydrogen (secondary N) is 1. The fourth-order valence-corrected chi connectivity index (χ4v) is 2.16. The van der Waals surface area contributed by atoms with Crippen molar-refractivity contribution in [1.82, 2.24) is 15.1 Å². The monoisotopic (exact) mass is 267 g/mol. The molecule has 1 aromatic heterocycles. The highest BCUT2D eigenvalue weighted by atomic mass is 16.5. The van der Waals surface area contributed by atoms with Gasteiger partial charge in [-0.1, -0.05) is 0 Å². The van der Waals surface area contributed by atoms with Crippen molar-refractivity contribution in [3.63, 3.8) is 0 Å². The van der Waals surface area contributed by atoms with E-state index < -0.39 is 12.1 Å². The quantitative estimate of drug-likeness (QED) is 0.806. The summed E-state index contributed by atoms with van der Waals surface area (Å²) in [6, 6.07) is 1.70. The molecule has 2 atom stereocenters. The number of rotatable bonds is 4. The summed E-state index contributed by atoms with van der Waals surface area (Å²) in [5, 5.41) is 15.6. The van der Waals surface area contributed by atoms with Crippen LogP contribution in [0.25, 0.3) is 0 Å². The summed E-state index contributed by atoms with van der Waals surface area (Å²) in [6.07, 6.45) is 0.141. The van der Waals surface area contributed by atoms with Gasteiger partial charge in [0.05, 0.1) is 11.8 Å². The Bertz CT molecular complexity index is 497. The molecule has 2 unspecified atom stereocenters. The standard InChI is InChI=1S/C12H17N3O4/c1-7-5-9(15(2)14-7)11(16)13-6-8-3-4-10(19-8)12(17)18/h5,8,10H,3-4,6H2,1-2H3,(H,13,16)(H,17,18). The van der Waals surface area contributed by atoms with Crippen LogP contribution in [-0.4, -0.2) is 45.5 Å². The number of aryl methyl sites for hydroxylation is 2. The van der Waals surface area contributed by atoms with Gasteiger partial charge in [0.15, 0.2) is 6.10 Å². The normalized spacial score (nSPS) is 22.4. The highest BCUT2D eigenvalue weighted by Crippen LogP contribution is 2.19. The van der Waals surface area contributed by atoms with E-state index in [1.165, 1.54) is 4.68 Å². The molecular weight excluding hydrogens is 250 g/mol. The summed E-state index contributed by atoms with van der Waals surface area (Å²) in [7, 11) is 1.70. The topological polar surface area (TPSA) is 93.5 Å². The maximum Gasteiger partial charge on any atom is 0.332 e. The minimum atomic E-state index is -0.948. The van der Waals surface area contributed by atoms with E-state index in [-0.39, 0.29) is 12.0 Å². The van der Waals surface area contributed by atoms with Gasteiger partial charge in [-0.25, -0.2) is 4.79 Å². The molecule has 1 amide bonds. The first kappa shape index (κ1) is 13.5. The van der Waals surface area contributed by atoms with Gasteiger partial charge in [-0.15, -0.1) is 0 Å². The molecule has 7 nitrogen and oxygen atoms in total.